The number of halogens is 1. The van der Waals surface area contributed by atoms with E-state index in [0.717, 1.165) is 0 Å². The van der Waals surface area contributed by atoms with E-state index in [0.29, 0.717) is 24.8 Å². The van der Waals surface area contributed by atoms with Gasteiger partial charge in [0.25, 0.3) is 0 Å². The highest BCUT2D eigenvalue weighted by Gasteiger charge is 2.77. The Hall–Kier alpha value is -3.02. The van der Waals surface area contributed by atoms with Crippen LogP contribution in [0.15, 0.2) is 55.6 Å². The average molecular weight is 731 g/mol. The summed E-state index contributed by atoms with van der Waals surface area (Å²) in [5.74, 6) is -3.30. The van der Waals surface area contributed by atoms with Crippen LogP contribution < -0.4 is 0 Å². The number of amides is 3. The van der Waals surface area contributed by atoms with Crippen molar-refractivity contribution in [2.45, 2.75) is 107 Å². The molecule has 1 spiro atoms. The van der Waals surface area contributed by atoms with Crippen LogP contribution in [-0.4, -0.2) is 104 Å². The molecule has 3 heterocycles. The SMILES string of the molecule is C=CCCC(=O)N(C)[C@H](C)[C@H](OC(=O)[C@H]1[C@@H]2O[C@@]3(CC2Br)[C@@H]1C(=O)N([C@@H](CO)CC(C)C)[C@@H]3C(=O)N(CC=C)C(C)C)c1ccccc1. The molecule has 1 aromatic rings. The van der Waals surface area contributed by atoms with Crippen LogP contribution in [0.4, 0.5) is 0 Å². The van der Waals surface area contributed by atoms with Crippen molar-refractivity contribution in [1.82, 2.24) is 14.7 Å². The Morgan fingerprint density at radius 1 is 1.15 bits per heavy atom. The summed E-state index contributed by atoms with van der Waals surface area (Å²) in [4.78, 5) is 61.2. The van der Waals surface area contributed by atoms with Crippen molar-refractivity contribution < 1.29 is 33.8 Å². The van der Waals surface area contributed by atoms with Crippen LogP contribution in [0.5, 0.6) is 0 Å². The quantitative estimate of drug-likeness (QED) is 0.150. The minimum absolute atomic E-state index is 0.112. The second-order valence-corrected chi connectivity index (χ2v) is 15.3. The summed E-state index contributed by atoms with van der Waals surface area (Å²) in [7, 11) is 1.69. The molecular weight excluding hydrogens is 678 g/mol. The molecule has 48 heavy (non-hydrogen) atoms. The highest BCUT2D eigenvalue weighted by molar-refractivity contribution is 9.09. The van der Waals surface area contributed by atoms with Gasteiger partial charge in [0.15, 0.2) is 0 Å². The number of likely N-dealkylation sites (N-methyl/N-ethyl adjacent to an activating group) is 1. The zero-order chi connectivity index (χ0) is 35.5. The van der Waals surface area contributed by atoms with Crippen molar-refractivity contribution in [2.75, 3.05) is 20.2 Å². The van der Waals surface area contributed by atoms with Gasteiger partial charge in [-0.15, -0.1) is 13.2 Å². The number of allylic oxidation sites excluding steroid dienone is 1. The first-order chi connectivity index (χ1) is 22.7. The fraction of sp³-hybridized carbons (Fsp3) is 0.622. The van der Waals surface area contributed by atoms with Crippen LogP contribution in [0.25, 0.3) is 0 Å². The van der Waals surface area contributed by atoms with Crippen LogP contribution in [0.3, 0.4) is 0 Å². The number of nitrogens with zero attached hydrogens (tertiary/aromatic N) is 3. The number of hydrogen-bond acceptors (Lipinski definition) is 7. The molecule has 3 saturated heterocycles. The molecule has 2 bridgehead atoms. The van der Waals surface area contributed by atoms with Gasteiger partial charge in [-0.2, -0.15) is 0 Å². The first-order valence-electron chi connectivity index (χ1n) is 17.0. The van der Waals surface area contributed by atoms with Gasteiger partial charge in [0.1, 0.15) is 17.7 Å². The smallest absolute Gasteiger partial charge is 0.313 e. The topological polar surface area (TPSA) is 117 Å². The average Bonchev–Trinajstić information content (AvgIpc) is 3.66. The van der Waals surface area contributed by atoms with E-state index in [4.69, 9.17) is 9.47 Å². The number of likely N-dealkylation sites (tertiary alicyclic amines) is 1. The van der Waals surface area contributed by atoms with Gasteiger partial charge in [-0.1, -0.05) is 72.3 Å². The molecule has 9 atom stereocenters. The van der Waals surface area contributed by atoms with Crippen molar-refractivity contribution in [3.05, 3.63) is 61.2 Å². The Bertz CT molecular complexity index is 1360. The number of esters is 1. The number of hydrogen-bond donors (Lipinski definition) is 1. The lowest BCUT2D eigenvalue weighted by molar-refractivity contribution is -0.165. The fourth-order valence-electron chi connectivity index (χ4n) is 7.80. The lowest BCUT2D eigenvalue weighted by Crippen LogP contribution is -2.60. The predicted molar refractivity (Wildman–Crippen MR) is 187 cm³/mol. The number of ether oxygens (including phenoxy) is 2. The molecule has 4 rings (SSSR count). The number of alkyl halides is 1. The Balaban J connectivity index is 1.76. The standard InChI is InChI=1S/C37H52BrN3O7/c1-9-11-17-28(43)39(8)24(7)31(25-15-13-12-14-16-25)47-36(46)29-30-34(44)41(26(21-42)19-22(3)4)33(35(45)40(18-10-2)23(5)6)37(30)20-27(38)32(29)48-37/h9-10,12-16,22-24,26-27,29-33,42H,1-2,11,17-21H2,3-8H3/t24-,26-,27?,29-,30+,31+,32-,33-,37+/m1/s1. The summed E-state index contributed by atoms with van der Waals surface area (Å²) in [6.45, 7) is 17.1. The van der Waals surface area contributed by atoms with Crippen molar-refractivity contribution in [2.24, 2.45) is 17.8 Å². The highest BCUT2D eigenvalue weighted by Crippen LogP contribution is 2.61. The number of carbonyl (C=O) groups is 4. The Morgan fingerprint density at radius 3 is 2.38 bits per heavy atom. The van der Waals surface area contributed by atoms with Crippen LogP contribution in [0, 0.1) is 17.8 Å². The molecule has 0 aliphatic carbocycles. The third kappa shape index (κ3) is 7.01. The maximum atomic E-state index is 14.7. The lowest BCUT2D eigenvalue weighted by Gasteiger charge is -2.40. The van der Waals surface area contributed by atoms with Crippen LogP contribution in [-0.2, 0) is 28.7 Å². The molecule has 1 aromatic carbocycles. The van der Waals surface area contributed by atoms with Crippen molar-refractivity contribution in [3.63, 3.8) is 0 Å². The molecule has 11 heteroatoms. The molecule has 0 radical (unpaired) electrons. The number of rotatable bonds is 16. The minimum Gasteiger partial charge on any atom is -0.455 e. The number of fused-ring (bicyclic) bond motifs is 1. The second kappa shape index (κ2) is 15.7. The molecule has 3 aliphatic rings. The van der Waals surface area contributed by atoms with E-state index in [1.165, 1.54) is 4.90 Å². The van der Waals surface area contributed by atoms with Gasteiger partial charge in [0.05, 0.1) is 36.6 Å². The Labute approximate surface area is 293 Å². The van der Waals surface area contributed by atoms with Gasteiger partial charge in [-0.25, -0.2) is 0 Å². The van der Waals surface area contributed by atoms with Crippen molar-refractivity contribution >= 4 is 39.6 Å². The fourth-order valence-corrected chi connectivity index (χ4v) is 8.75. The molecule has 10 nitrogen and oxygen atoms in total. The minimum atomic E-state index is -1.30. The van der Waals surface area contributed by atoms with Gasteiger partial charge in [-0.3, -0.25) is 19.2 Å². The number of benzene rings is 1. The summed E-state index contributed by atoms with van der Waals surface area (Å²) >= 11 is 3.74. The van der Waals surface area contributed by atoms with Gasteiger partial charge >= 0.3 is 5.97 Å². The van der Waals surface area contributed by atoms with E-state index in [9.17, 15) is 24.3 Å². The molecule has 1 unspecified atom stereocenters. The van der Waals surface area contributed by atoms with E-state index in [-0.39, 0.29) is 54.1 Å². The lowest BCUT2D eigenvalue weighted by atomic mass is 9.70. The Kier molecular flexibility index (Phi) is 12.3. The summed E-state index contributed by atoms with van der Waals surface area (Å²) in [5.41, 5.74) is -0.599. The number of aliphatic hydroxyl groups is 1. The molecule has 0 saturated carbocycles. The second-order valence-electron chi connectivity index (χ2n) is 14.1. The normalized spacial score (nSPS) is 27.8. The summed E-state index contributed by atoms with van der Waals surface area (Å²) in [6.07, 6.45) is 3.39. The number of aliphatic hydroxyl groups excluding tert-OH is 1. The molecule has 3 fully saturated rings. The largest absolute Gasteiger partial charge is 0.455 e. The third-order valence-electron chi connectivity index (χ3n) is 10.2. The summed E-state index contributed by atoms with van der Waals surface area (Å²) < 4.78 is 13.0. The zero-order valence-electron chi connectivity index (χ0n) is 29.1. The van der Waals surface area contributed by atoms with Gasteiger partial charge in [0.2, 0.25) is 17.7 Å². The van der Waals surface area contributed by atoms with Crippen molar-refractivity contribution in [1.29, 1.82) is 0 Å². The van der Waals surface area contributed by atoms with Crippen LogP contribution in [0.2, 0.25) is 0 Å². The Morgan fingerprint density at radius 2 is 1.81 bits per heavy atom. The summed E-state index contributed by atoms with van der Waals surface area (Å²) in [6, 6.07) is 6.81. The van der Waals surface area contributed by atoms with Gasteiger partial charge < -0.3 is 29.3 Å². The highest BCUT2D eigenvalue weighted by atomic mass is 79.9. The van der Waals surface area contributed by atoms with E-state index < -0.39 is 53.7 Å². The molecular formula is C37H52BrN3O7. The number of carbonyl (C=O) groups excluding carboxylic acids is 4. The molecule has 3 amide bonds. The van der Waals surface area contributed by atoms with Crippen LogP contribution in [0.1, 0.15) is 72.0 Å². The predicted octanol–water partition coefficient (Wildman–Crippen LogP) is 4.66. The third-order valence-corrected chi connectivity index (χ3v) is 11.0. The maximum Gasteiger partial charge on any atom is 0.313 e. The van der Waals surface area contributed by atoms with Gasteiger partial charge in [-0.05, 0) is 51.5 Å². The van der Waals surface area contributed by atoms with Crippen molar-refractivity contribution in [3.8, 4) is 0 Å². The first kappa shape index (κ1) is 37.8. The maximum absolute atomic E-state index is 14.7. The monoisotopic (exact) mass is 729 g/mol. The van der Waals surface area contributed by atoms with E-state index in [2.05, 4.69) is 29.1 Å². The molecule has 1 N–H and O–H groups in total. The van der Waals surface area contributed by atoms with E-state index >= 15 is 0 Å². The summed E-state index contributed by atoms with van der Waals surface area (Å²) in [5, 5.41) is 10.6. The van der Waals surface area contributed by atoms with Gasteiger partial charge in [0, 0.05) is 30.9 Å². The van der Waals surface area contributed by atoms with E-state index in [1.54, 1.807) is 29.0 Å². The zero-order valence-corrected chi connectivity index (χ0v) is 30.7. The molecule has 264 valence electrons. The van der Waals surface area contributed by atoms with E-state index in [1.807, 2.05) is 65.0 Å². The molecule has 3 aliphatic heterocycles. The van der Waals surface area contributed by atoms with Crippen LogP contribution >= 0.6 is 15.9 Å². The molecule has 0 aromatic heterocycles. The first-order valence-corrected chi connectivity index (χ1v) is 17.9.